The van der Waals surface area contributed by atoms with Crippen LogP contribution in [0.4, 0.5) is 0 Å². The molecule has 0 saturated carbocycles. The van der Waals surface area contributed by atoms with Crippen molar-refractivity contribution < 1.29 is 29.6 Å². The zero-order chi connectivity index (χ0) is 16.3. The van der Waals surface area contributed by atoms with Gasteiger partial charge in [0.2, 0.25) is 5.78 Å². The van der Waals surface area contributed by atoms with E-state index >= 15 is 0 Å². The third-order valence-corrected chi connectivity index (χ3v) is 4.34. The fourth-order valence-electron chi connectivity index (χ4n) is 3.28. The van der Waals surface area contributed by atoms with Gasteiger partial charge >= 0.3 is 0 Å². The Morgan fingerprint density at radius 3 is 2.04 bits per heavy atom. The second-order valence-corrected chi connectivity index (χ2v) is 5.60. The molecule has 1 aliphatic heterocycles. The molecule has 0 fully saturated rings. The molecule has 4 rings (SSSR count). The van der Waals surface area contributed by atoms with Crippen LogP contribution in [0.3, 0.4) is 0 Å². The number of phenols is 3. The van der Waals surface area contributed by atoms with Gasteiger partial charge in [-0.2, -0.15) is 0 Å². The minimum absolute atomic E-state index is 0.0538. The molecule has 0 spiro atoms. The number of benzene rings is 2. The van der Waals surface area contributed by atoms with Crippen molar-refractivity contribution in [3.05, 3.63) is 51.6 Å². The molecule has 1 aliphatic carbocycles. The minimum Gasteiger partial charge on any atom is -0.507 e. The van der Waals surface area contributed by atoms with E-state index in [-0.39, 0.29) is 40.4 Å². The number of ketones is 2. The molecule has 6 nitrogen and oxygen atoms in total. The average Bonchev–Trinajstić information content (AvgIpc) is 2.53. The molecule has 2 aromatic rings. The molecule has 3 N–H and O–H groups in total. The summed E-state index contributed by atoms with van der Waals surface area (Å²) in [4.78, 5) is 25.6. The number of hydrogen-bond acceptors (Lipinski definition) is 6. The van der Waals surface area contributed by atoms with Crippen molar-refractivity contribution in [3.8, 4) is 17.2 Å². The second-order valence-electron chi connectivity index (χ2n) is 5.60. The normalized spacial score (nSPS) is 15.8. The summed E-state index contributed by atoms with van der Waals surface area (Å²) in [5.41, 5.74) is 0.689. The molecule has 0 atom stereocenters. The Labute approximate surface area is 130 Å². The van der Waals surface area contributed by atoms with Gasteiger partial charge in [-0.3, -0.25) is 9.59 Å². The van der Waals surface area contributed by atoms with E-state index in [1.54, 1.807) is 0 Å². The van der Waals surface area contributed by atoms with Gasteiger partial charge in [-0.15, -0.1) is 0 Å². The van der Waals surface area contributed by atoms with Gasteiger partial charge in [0.25, 0.3) is 0 Å². The molecule has 0 amide bonds. The highest BCUT2D eigenvalue weighted by Gasteiger charge is 2.39. The summed E-state index contributed by atoms with van der Waals surface area (Å²) >= 11 is 0. The molecule has 2 aliphatic rings. The van der Waals surface area contributed by atoms with Crippen LogP contribution >= 0.6 is 0 Å². The summed E-state index contributed by atoms with van der Waals surface area (Å²) in [5, 5.41) is 30.2. The largest absolute Gasteiger partial charge is 0.507 e. The molecule has 23 heavy (non-hydrogen) atoms. The molecule has 2 aromatic carbocycles. The van der Waals surface area contributed by atoms with Crippen LogP contribution in [0.2, 0.25) is 0 Å². The van der Waals surface area contributed by atoms with Crippen LogP contribution in [0, 0.1) is 0 Å². The summed E-state index contributed by atoms with van der Waals surface area (Å²) < 4.78 is 5.37. The van der Waals surface area contributed by atoms with Gasteiger partial charge in [-0.05, 0) is 35.7 Å². The number of phenolic OH excluding ortho intramolecular Hbond substituents is 3. The summed E-state index contributed by atoms with van der Waals surface area (Å²) in [6.45, 7) is 0.627. The Morgan fingerprint density at radius 2 is 1.39 bits per heavy atom. The average molecular weight is 312 g/mol. The number of ether oxygens (including phenoxy) is 1. The Morgan fingerprint density at radius 1 is 0.826 bits per heavy atom. The second kappa shape index (κ2) is 4.57. The molecule has 0 bridgehead atoms. The molecular weight excluding hydrogens is 300 g/mol. The van der Waals surface area contributed by atoms with Gasteiger partial charge < -0.3 is 20.1 Å². The molecule has 0 aromatic heterocycles. The van der Waals surface area contributed by atoms with Gasteiger partial charge in [0, 0.05) is 5.56 Å². The van der Waals surface area contributed by atoms with Gasteiger partial charge in [0.05, 0.1) is 29.9 Å². The fraction of sp³-hybridized carbons (Fsp3) is 0.176. The van der Waals surface area contributed by atoms with Gasteiger partial charge in [-0.1, -0.05) is 0 Å². The summed E-state index contributed by atoms with van der Waals surface area (Å²) in [7, 11) is 0. The van der Waals surface area contributed by atoms with Crippen molar-refractivity contribution in [2.75, 3.05) is 6.61 Å². The lowest BCUT2D eigenvalue weighted by molar-refractivity contribution is 0.0946. The van der Waals surface area contributed by atoms with Crippen LogP contribution in [0.5, 0.6) is 17.2 Å². The van der Waals surface area contributed by atoms with E-state index in [1.165, 1.54) is 6.07 Å². The van der Waals surface area contributed by atoms with Crippen molar-refractivity contribution in [2.24, 2.45) is 0 Å². The van der Waals surface area contributed by atoms with E-state index in [2.05, 4.69) is 0 Å². The first-order valence-electron chi connectivity index (χ1n) is 7.10. The zero-order valence-electron chi connectivity index (χ0n) is 11.9. The van der Waals surface area contributed by atoms with Gasteiger partial charge in [-0.25, -0.2) is 0 Å². The first kappa shape index (κ1) is 13.8. The Hall–Kier alpha value is -2.86. The third kappa shape index (κ3) is 1.72. The lowest BCUT2D eigenvalue weighted by atomic mass is 9.78. The van der Waals surface area contributed by atoms with Crippen molar-refractivity contribution in [3.63, 3.8) is 0 Å². The smallest absolute Gasteiger partial charge is 0.202 e. The van der Waals surface area contributed by atoms with Crippen molar-refractivity contribution in [2.45, 2.75) is 13.0 Å². The number of rotatable bonds is 0. The van der Waals surface area contributed by atoms with E-state index in [9.17, 15) is 24.9 Å². The van der Waals surface area contributed by atoms with Crippen LogP contribution in [-0.4, -0.2) is 33.5 Å². The van der Waals surface area contributed by atoms with Crippen molar-refractivity contribution in [1.29, 1.82) is 0 Å². The molecule has 0 unspecified atom stereocenters. The predicted molar refractivity (Wildman–Crippen MR) is 78.1 cm³/mol. The number of aromatic hydroxyl groups is 3. The molecular formula is C17H12O6. The van der Waals surface area contributed by atoms with Gasteiger partial charge in [0.15, 0.2) is 5.78 Å². The highest BCUT2D eigenvalue weighted by Crippen LogP contribution is 2.43. The summed E-state index contributed by atoms with van der Waals surface area (Å²) in [6.07, 6.45) is 0.524. The zero-order valence-corrected chi connectivity index (χ0v) is 11.9. The predicted octanol–water partition coefficient (Wildman–Crippen LogP) is 1.65. The number of carbonyl (C=O) groups excluding carboxylic acids is 2. The highest BCUT2D eigenvalue weighted by atomic mass is 16.5. The van der Waals surface area contributed by atoms with E-state index < -0.39 is 17.3 Å². The maximum Gasteiger partial charge on any atom is 0.202 e. The fourth-order valence-corrected chi connectivity index (χ4v) is 3.28. The van der Waals surface area contributed by atoms with Crippen molar-refractivity contribution >= 4 is 11.6 Å². The molecule has 0 saturated heterocycles. The van der Waals surface area contributed by atoms with E-state index in [0.717, 1.165) is 17.7 Å². The van der Waals surface area contributed by atoms with Crippen LogP contribution in [0.25, 0.3) is 0 Å². The number of carbonyl (C=O) groups is 2. The van der Waals surface area contributed by atoms with E-state index in [4.69, 9.17) is 4.74 Å². The SMILES string of the molecule is O=C1c2c(O)ccc(O)c2C(=O)c2c3c(cc(O)c21)CCOC3. The van der Waals surface area contributed by atoms with Crippen LogP contribution < -0.4 is 0 Å². The third-order valence-electron chi connectivity index (χ3n) is 4.34. The lowest BCUT2D eigenvalue weighted by Gasteiger charge is -2.26. The molecule has 6 heteroatoms. The Kier molecular flexibility index (Phi) is 2.74. The Balaban J connectivity index is 2.10. The number of hydrogen-bond donors (Lipinski definition) is 3. The highest BCUT2D eigenvalue weighted by molar-refractivity contribution is 6.31. The van der Waals surface area contributed by atoms with Crippen molar-refractivity contribution in [1.82, 2.24) is 0 Å². The minimum atomic E-state index is -0.686. The Bertz CT molecular complexity index is 897. The molecule has 116 valence electrons. The van der Waals surface area contributed by atoms with E-state index in [0.29, 0.717) is 18.6 Å². The monoisotopic (exact) mass is 312 g/mol. The summed E-state index contributed by atoms with van der Waals surface area (Å²) in [6, 6.07) is 3.77. The van der Waals surface area contributed by atoms with Gasteiger partial charge in [0.1, 0.15) is 17.2 Å². The van der Waals surface area contributed by atoms with E-state index in [1.807, 2.05) is 0 Å². The topological polar surface area (TPSA) is 104 Å². The lowest BCUT2D eigenvalue weighted by Crippen LogP contribution is -2.26. The maximum absolute atomic E-state index is 12.9. The summed E-state index contributed by atoms with van der Waals surface area (Å²) in [5.74, 6) is -2.37. The van der Waals surface area contributed by atoms with Crippen LogP contribution in [0.15, 0.2) is 18.2 Å². The first-order valence-corrected chi connectivity index (χ1v) is 7.10. The standard InChI is InChI=1S/C17H12O6/c18-9-1-2-10(19)14-13(9)16(21)12-8-6-23-4-3-7(8)5-11(20)15(12)17(14)22/h1-2,5,18-20H,3-4,6H2. The molecule has 0 radical (unpaired) electrons. The maximum atomic E-state index is 12.9. The quantitative estimate of drug-likeness (QED) is 0.545. The molecule has 1 heterocycles. The van der Waals surface area contributed by atoms with Crippen LogP contribution in [-0.2, 0) is 17.8 Å². The first-order chi connectivity index (χ1) is 11.0. The number of fused-ring (bicyclic) bond motifs is 4. The van der Waals surface area contributed by atoms with Crippen LogP contribution in [0.1, 0.15) is 43.0 Å².